The van der Waals surface area contributed by atoms with Gasteiger partial charge in [0.2, 0.25) is 0 Å². The molecule has 0 N–H and O–H groups in total. The topological polar surface area (TPSA) is 6.48 Å². The van der Waals surface area contributed by atoms with Gasteiger partial charge < -0.3 is 0 Å². The molecule has 0 heterocycles. The van der Waals surface area contributed by atoms with Crippen molar-refractivity contribution >= 4 is 0 Å². The van der Waals surface area contributed by atoms with Gasteiger partial charge in [0.15, 0.2) is 0 Å². The van der Waals surface area contributed by atoms with Crippen LogP contribution < -0.4 is 0 Å². The first kappa shape index (κ1) is 18.0. The van der Waals surface area contributed by atoms with E-state index in [0.717, 1.165) is 12.1 Å². The molecule has 0 aromatic rings. The van der Waals surface area contributed by atoms with Gasteiger partial charge in [-0.25, -0.2) is 0 Å². The normalized spacial score (nSPS) is 24.9. The third-order valence-corrected chi connectivity index (χ3v) is 4.84. The molecular weight excluding hydrogens is 244 g/mol. The zero-order valence-electron chi connectivity index (χ0n) is 15.2. The van der Waals surface area contributed by atoms with Crippen LogP contribution in [0.3, 0.4) is 0 Å². The molecule has 0 aromatic heterocycles. The molecule has 0 radical (unpaired) electrons. The van der Waals surface area contributed by atoms with Crippen molar-refractivity contribution in [2.75, 3.05) is 0 Å². The van der Waals surface area contributed by atoms with Gasteiger partial charge in [-0.2, -0.15) is 0 Å². The summed E-state index contributed by atoms with van der Waals surface area (Å²) >= 11 is 0. The molecule has 0 saturated heterocycles. The van der Waals surface area contributed by atoms with Crippen LogP contribution in [0.4, 0.5) is 0 Å². The fourth-order valence-electron chi connectivity index (χ4n) is 4.51. The van der Waals surface area contributed by atoms with Crippen molar-refractivity contribution < 1.29 is 0 Å². The Balaban J connectivity index is 3.00. The monoisotopic (exact) mass is 282 g/mol. The second-order valence-corrected chi connectivity index (χ2v) is 7.69. The maximum Gasteiger partial charge on any atom is 0.0257 e. The van der Waals surface area contributed by atoms with Crippen LogP contribution in [-0.4, -0.2) is 46.1 Å². The maximum absolute atomic E-state index is 2.77. The first-order valence-corrected chi connectivity index (χ1v) is 8.82. The van der Waals surface area contributed by atoms with Crippen molar-refractivity contribution in [1.29, 1.82) is 0 Å². The van der Waals surface area contributed by atoms with E-state index in [1.54, 1.807) is 0 Å². The van der Waals surface area contributed by atoms with E-state index in [2.05, 4.69) is 65.2 Å². The molecule has 2 atom stereocenters. The molecule has 0 unspecified atom stereocenters. The van der Waals surface area contributed by atoms with Gasteiger partial charge in [0, 0.05) is 36.3 Å². The minimum Gasteiger partial charge on any atom is -0.294 e. The summed E-state index contributed by atoms with van der Waals surface area (Å²) in [7, 11) is 0. The largest absolute Gasteiger partial charge is 0.294 e. The Bertz CT molecular complexity index is 227. The average molecular weight is 283 g/mol. The first-order chi connectivity index (χ1) is 9.27. The minimum atomic E-state index is 0.641. The van der Waals surface area contributed by atoms with Crippen molar-refractivity contribution in [2.24, 2.45) is 0 Å². The molecule has 2 heteroatoms. The van der Waals surface area contributed by atoms with E-state index in [9.17, 15) is 0 Å². The molecule has 2 nitrogen and oxygen atoms in total. The molecule has 120 valence electrons. The summed E-state index contributed by atoms with van der Waals surface area (Å²) in [6.45, 7) is 18.9. The van der Waals surface area contributed by atoms with Gasteiger partial charge in [0.05, 0.1) is 0 Å². The van der Waals surface area contributed by atoms with E-state index in [-0.39, 0.29) is 0 Å². The van der Waals surface area contributed by atoms with Crippen LogP contribution in [0.15, 0.2) is 0 Å². The number of rotatable bonds is 6. The second kappa shape index (κ2) is 7.79. The van der Waals surface area contributed by atoms with Gasteiger partial charge >= 0.3 is 0 Å². The summed E-state index contributed by atoms with van der Waals surface area (Å²) in [4.78, 5) is 5.53. The van der Waals surface area contributed by atoms with E-state index in [4.69, 9.17) is 0 Å². The van der Waals surface area contributed by atoms with Crippen LogP contribution in [0.2, 0.25) is 0 Å². The number of hydrogen-bond donors (Lipinski definition) is 0. The second-order valence-electron chi connectivity index (χ2n) is 7.69. The third-order valence-electron chi connectivity index (χ3n) is 4.84. The number of hydrogen-bond acceptors (Lipinski definition) is 2. The van der Waals surface area contributed by atoms with Crippen molar-refractivity contribution in [2.45, 2.75) is 117 Å². The maximum atomic E-state index is 2.77. The zero-order chi connectivity index (χ0) is 15.4. The van der Waals surface area contributed by atoms with Crippen LogP contribution in [-0.2, 0) is 0 Å². The molecule has 0 spiro atoms. The first-order valence-electron chi connectivity index (χ1n) is 8.82. The Kier molecular flexibility index (Phi) is 7.00. The molecule has 20 heavy (non-hydrogen) atoms. The van der Waals surface area contributed by atoms with Gasteiger partial charge in [0.25, 0.3) is 0 Å². The predicted molar refractivity (Wildman–Crippen MR) is 90.3 cm³/mol. The lowest BCUT2D eigenvalue weighted by molar-refractivity contribution is -0.0130. The SMILES string of the molecule is CC(C)N(C(C)C)[C@@H]1CCCC[C@H]1N(C(C)C)C(C)C. The minimum absolute atomic E-state index is 0.641. The summed E-state index contributed by atoms with van der Waals surface area (Å²) in [5.41, 5.74) is 0. The Labute approximate surface area is 127 Å². The summed E-state index contributed by atoms with van der Waals surface area (Å²) in [5.74, 6) is 0. The van der Waals surface area contributed by atoms with Gasteiger partial charge in [-0.05, 0) is 68.2 Å². The van der Waals surface area contributed by atoms with E-state index in [1.165, 1.54) is 25.7 Å². The van der Waals surface area contributed by atoms with Gasteiger partial charge in [-0.1, -0.05) is 12.8 Å². The molecular formula is C18H38N2. The highest BCUT2D eigenvalue weighted by Crippen LogP contribution is 2.32. The molecule has 0 bridgehead atoms. The standard InChI is InChI=1S/C18H38N2/c1-13(2)19(14(3)4)17-11-9-10-12-18(17)20(15(5)6)16(7)8/h13-18H,9-12H2,1-8H3/t17-,18-/m1/s1. The Hall–Kier alpha value is -0.0800. The van der Waals surface area contributed by atoms with Crippen molar-refractivity contribution in [1.82, 2.24) is 9.80 Å². The van der Waals surface area contributed by atoms with Crippen LogP contribution in [0.5, 0.6) is 0 Å². The van der Waals surface area contributed by atoms with E-state index in [1.807, 2.05) is 0 Å². The van der Waals surface area contributed by atoms with Crippen molar-refractivity contribution in [3.63, 3.8) is 0 Å². The Morgan fingerprint density at radius 2 is 0.800 bits per heavy atom. The lowest BCUT2D eigenvalue weighted by Crippen LogP contribution is -2.60. The predicted octanol–water partition coefficient (Wildman–Crippen LogP) is 4.54. The van der Waals surface area contributed by atoms with Gasteiger partial charge in [0.1, 0.15) is 0 Å². The Morgan fingerprint density at radius 1 is 0.550 bits per heavy atom. The lowest BCUT2D eigenvalue weighted by atomic mass is 9.85. The molecule has 1 rings (SSSR count). The Morgan fingerprint density at radius 3 is 1.00 bits per heavy atom. The molecule has 1 saturated carbocycles. The highest BCUT2D eigenvalue weighted by atomic mass is 15.3. The highest BCUT2D eigenvalue weighted by Gasteiger charge is 2.37. The fraction of sp³-hybridized carbons (Fsp3) is 1.00. The smallest absolute Gasteiger partial charge is 0.0257 e. The fourth-order valence-corrected chi connectivity index (χ4v) is 4.51. The van der Waals surface area contributed by atoms with E-state index in [0.29, 0.717) is 24.2 Å². The van der Waals surface area contributed by atoms with Gasteiger partial charge in [-0.15, -0.1) is 0 Å². The van der Waals surface area contributed by atoms with Crippen LogP contribution in [0.25, 0.3) is 0 Å². The van der Waals surface area contributed by atoms with Crippen LogP contribution in [0, 0.1) is 0 Å². The van der Waals surface area contributed by atoms with E-state index >= 15 is 0 Å². The summed E-state index contributed by atoms with van der Waals surface area (Å²) in [6, 6.07) is 4.02. The highest BCUT2D eigenvalue weighted by molar-refractivity contribution is 4.94. The van der Waals surface area contributed by atoms with Crippen molar-refractivity contribution in [3.8, 4) is 0 Å². The third kappa shape index (κ3) is 4.21. The summed E-state index contributed by atoms with van der Waals surface area (Å²) < 4.78 is 0. The zero-order valence-corrected chi connectivity index (χ0v) is 15.2. The van der Waals surface area contributed by atoms with Crippen molar-refractivity contribution in [3.05, 3.63) is 0 Å². The molecule has 0 aromatic carbocycles. The van der Waals surface area contributed by atoms with E-state index < -0.39 is 0 Å². The molecule has 1 aliphatic carbocycles. The average Bonchev–Trinajstić information content (AvgIpc) is 2.29. The lowest BCUT2D eigenvalue weighted by Gasteiger charge is -2.50. The van der Waals surface area contributed by atoms with Gasteiger partial charge in [-0.3, -0.25) is 9.80 Å². The molecule has 0 aliphatic heterocycles. The molecule has 1 fully saturated rings. The molecule has 0 amide bonds. The summed E-state index contributed by atoms with van der Waals surface area (Å²) in [6.07, 6.45) is 5.55. The van der Waals surface area contributed by atoms with Crippen LogP contribution in [0.1, 0.15) is 81.1 Å². The summed E-state index contributed by atoms with van der Waals surface area (Å²) in [5, 5.41) is 0. The quantitative estimate of drug-likeness (QED) is 0.706. The number of nitrogens with zero attached hydrogens (tertiary/aromatic N) is 2. The van der Waals surface area contributed by atoms with Crippen LogP contribution >= 0.6 is 0 Å². The molecule has 1 aliphatic rings.